The second kappa shape index (κ2) is 4.71. The summed E-state index contributed by atoms with van der Waals surface area (Å²) in [6, 6.07) is 1.73. The molecule has 2 N–H and O–H groups in total. The number of hydrogen-bond acceptors (Lipinski definition) is 3. The monoisotopic (exact) mass is 247 g/mol. The largest absolute Gasteiger partial charge is 0.327 e. The zero-order valence-corrected chi connectivity index (χ0v) is 9.39. The summed E-state index contributed by atoms with van der Waals surface area (Å²) < 4.78 is 48.7. The standard InChI is InChI=1S/C10H11F2NO2S/c1-16(14,15)8-5-7(3-2-4-13)10(12)9(11)6-8/h2-3,5-6H,4,13H2,1H3/b3-2+. The second-order valence-corrected chi connectivity index (χ2v) is 5.23. The molecule has 1 rings (SSSR count). The van der Waals surface area contributed by atoms with Gasteiger partial charge in [0.2, 0.25) is 0 Å². The third-order valence-electron chi connectivity index (χ3n) is 1.89. The van der Waals surface area contributed by atoms with Crippen molar-refractivity contribution >= 4 is 15.9 Å². The van der Waals surface area contributed by atoms with Crippen LogP contribution in [0.2, 0.25) is 0 Å². The summed E-state index contributed by atoms with van der Waals surface area (Å²) in [6.45, 7) is 0.157. The lowest BCUT2D eigenvalue weighted by atomic mass is 10.2. The summed E-state index contributed by atoms with van der Waals surface area (Å²) in [5, 5.41) is 0. The molecule has 6 heteroatoms. The molecule has 0 fully saturated rings. The van der Waals surface area contributed by atoms with Crippen LogP contribution in [-0.2, 0) is 9.84 Å². The van der Waals surface area contributed by atoms with Gasteiger partial charge in [-0.2, -0.15) is 0 Å². The Morgan fingerprint density at radius 2 is 2.00 bits per heavy atom. The highest BCUT2D eigenvalue weighted by molar-refractivity contribution is 7.90. The SMILES string of the molecule is CS(=O)(=O)c1cc(F)c(F)c(/C=C/CN)c1. The van der Waals surface area contributed by atoms with Gasteiger partial charge in [0, 0.05) is 18.4 Å². The van der Waals surface area contributed by atoms with Crippen molar-refractivity contribution in [3.05, 3.63) is 35.4 Å². The number of sulfone groups is 1. The van der Waals surface area contributed by atoms with Crippen molar-refractivity contribution < 1.29 is 17.2 Å². The van der Waals surface area contributed by atoms with Crippen molar-refractivity contribution in [2.45, 2.75) is 4.90 Å². The summed E-state index contributed by atoms with van der Waals surface area (Å²) in [5.74, 6) is -2.28. The van der Waals surface area contributed by atoms with Crippen molar-refractivity contribution in [2.75, 3.05) is 12.8 Å². The molecular formula is C10H11F2NO2S. The molecule has 3 nitrogen and oxygen atoms in total. The van der Waals surface area contributed by atoms with Gasteiger partial charge in [0.1, 0.15) is 0 Å². The van der Waals surface area contributed by atoms with Crippen LogP contribution in [0.3, 0.4) is 0 Å². The molecule has 0 bridgehead atoms. The minimum atomic E-state index is -3.56. The Balaban J connectivity index is 3.39. The van der Waals surface area contributed by atoms with E-state index in [1.165, 1.54) is 12.2 Å². The molecule has 0 aliphatic carbocycles. The van der Waals surface area contributed by atoms with Gasteiger partial charge in [-0.25, -0.2) is 17.2 Å². The van der Waals surface area contributed by atoms with Gasteiger partial charge < -0.3 is 5.73 Å². The van der Waals surface area contributed by atoms with Gasteiger partial charge in [0.25, 0.3) is 0 Å². The van der Waals surface area contributed by atoms with Crippen molar-refractivity contribution in [3.63, 3.8) is 0 Å². The number of rotatable bonds is 3. The van der Waals surface area contributed by atoms with E-state index in [1.807, 2.05) is 0 Å². The second-order valence-electron chi connectivity index (χ2n) is 3.22. The van der Waals surface area contributed by atoms with Crippen molar-refractivity contribution in [3.8, 4) is 0 Å². The summed E-state index contributed by atoms with van der Waals surface area (Å²) in [5.41, 5.74) is 5.03. The molecule has 16 heavy (non-hydrogen) atoms. The Labute approximate surface area is 92.5 Å². The van der Waals surface area contributed by atoms with Crippen molar-refractivity contribution in [2.24, 2.45) is 5.73 Å². The first-order chi connectivity index (χ1) is 7.36. The van der Waals surface area contributed by atoms with E-state index in [0.717, 1.165) is 12.3 Å². The van der Waals surface area contributed by atoms with Gasteiger partial charge >= 0.3 is 0 Å². The molecule has 0 aromatic heterocycles. The molecule has 0 radical (unpaired) electrons. The van der Waals surface area contributed by atoms with Crippen LogP contribution >= 0.6 is 0 Å². The van der Waals surface area contributed by atoms with E-state index < -0.39 is 21.5 Å². The Hall–Kier alpha value is -1.27. The van der Waals surface area contributed by atoms with Gasteiger partial charge in [0.05, 0.1) is 4.90 Å². The Morgan fingerprint density at radius 3 is 2.50 bits per heavy atom. The highest BCUT2D eigenvalue weighted by Gasteiger charge is 2.14. The molecule has 0 heterocycles. The minimum absolute atomic E-state index is 0.133. The van der Waals surface area contributed by atoms with Crippen molar-refractivity contribution in [1.29, 1.82) is 0 Å². The fourth-order valence-corrected chi connectivity index (χ4v) is 1.77. The van der Waals surface area contributed by atoms with E-state index in [2.05, 4.69) is 0 Å². The average molecular weight is 247 g/mol. The van der Waals surface area contributed by atoms with Gasteiger partial charge in [-0.05, 0) is 12.1 Å². The van der Waals surface area contributed by atoms with Crippen LogP contribution in [0.5, 0.6) is 0 Å². The van der Waals surface area contributed by atoms with Crippen LogP contribution < -0.4 is 5.73 Å². The van der Waals surface area contributed by atoms with Gasteiger partial charge in [-0.3, -0.25) is 0 Å². The Bertz CT molecular complexity index is 524. The van der Waals surface area contributed by atoms with E-state index >= 15 is 0 Å². The number of hydrogen-bond donors (Lipinski definition) is 1. The topological polar surface area (TPSA) is 60.2 Å². The van der Waals surface area contributed by atoms with Gasteiger partial charge in [0.15, 0.2) is 21.5 Å². The normalized spacial score (nSPS) is 12.2. The quantitative estimate of drug-likeness (QED) is 0.820. The molecule has 0 amide bonds. The highest BCUT2D eigenvalue weighted by atomic mass is 32.2. The highest BCUT2D eigenvalue weighted by Crippen LogP contribution is 2.19. The predicted octanol–water partition coefficient (Wildman–Crippen LogP) is 1.34. The van der Waals surface area contributed by atoms with Crippen LogP contribution in [0.25, 0.3) is 6.08 Å². The third kappa shape index (κ3) is 2.86. The van der Waals surface area contributed by atoms with Crippen LogP contribution in [0.1, 0.15) is 5.56 Å². The molecule has 0 spiro atoms. The number of halogens is 2. The maximum atomic E-state index is 13.2. The first kappa shape index (κ1) is 12.8. The third-order valence-corrected chi connectivity index (χ3v) is 2.98. The fraction of sp³-hybridized carbons (Fsp3) is 0.200. The van der Waals surface area contributed by atoms with E-state index in [9.17, 15) is 17.2 Å². The van der Waals surface area contributed by atoms with Crippen LogP contribution in [0.4, 0.5) is 8.78 Å². The lowest BCUT2D eigenvalue weighted by molar-refractivity contribution is 0.503. The molecule has 0 unspecified atom stereocenters. The lowest BCUT2D eigenvalue weighted by Gasteiger charge is -2.03. The van der Waals surface area contributed by atoms with E-state index in [4.69, 9.17) is 5.73 Å². The van der Waals surface area contributed by atoms with Crippen LogP contribution in [0.15, 0.2) is 23.1 Å². The zero-order chi connectivity index (χ0) is 12.3. The fourth-order valence-electron chi connectivity index (χ4n) is 1.11. The molecule has 0 aliphatic heterocycles. The van der Waals surface area contributed by atoms with E-state index in [0.29, 0.717) is 6.07 Å². The number of benzene rings is 1. The van der Waals surface area contributed by atoms with Gasteiger partial charge in [-0.15, -0.1) is 0 Å². The maximum absolute atomic E-state index is 13.2. The first-order valence-corrected chi connectivity index (χ1v) is 6.31. The summed E-state index contributed by atoms with van der Waals surface area (Å²) in [4.78, 5) is -0.261. The molecule has 88 valence electrons. The Kier molecular flexibility index (Phi) is 3.77. The zero-order valence-electron chi connectivity index (χ0n) is 8.57. The number of nitrogens with two attached hydrogens (primary N) is 1. The molecule has 0 aliphatic rings. The Morgan fingerprint density at radius 1 is 1.38 bits per heavy atom. The smallest absolute Gasteiger partial charge is 0.175 e. The van der Waals surface area contributed by atoms with Crippen LogP contribution in [-0.4, -0.2) is 21.2 Å². The molecule has 1 aromatic carbocycles. The molecule has 1 aromatic rings. The van der Waals surface area contributed by atoms with Gasteiger partial charge in [-0.1, -0.05) is 12.2 Å². The van der Waals surface area contributed by atoms with Crippen molar-refractivity contribution in [1.82, 2.24) is 0 Å². The minimum Gasteiger partial charge on any atom is -0.327 e. The summed E-state index contributed by atoms with van der Waals surface area (Å²) >= 11 is 0. The molecule has 0 saturated heterocycles. The first-order valence-electron chi connectivity index (χ1n) is 4.42. The summed E-state index contributed by atoms with van der Waals surface area (Å²) in [6.07, 6.45) is 3.58. The molecule has 0 atom stereocenters. The molecule has 0 saturated carbocycles. The average Bonchev–Trinajstić information content (AvgIpc) is 2.18. The maximum Gasteiger partial charge on any atom is 0.175 e. The van der Waals surface area contributed by atoms with E-state index in [1.54, 1.807) is 0 Å². The van der Waals surface area contributed by atoms with E-state index in [-0.39, 0.29) is 17.0 Å². The van der Waals surface area contributed by atoms with Crippen LogP contribution in [0, 0.1) is 11.6 Å². The lowest BCUT2D eigenvalue weighted by Crippen LogP contribution is -2.01. The predicted molar refractivity (Wildman–Crippen MR) is 57.6 cm³/mol. The summed E-state index contributed by atoms with van der Waals surface area (Å²) in [7, 11) is -3.56. The molecular weight excluding hydrogens is 236 g/mol.